The zero-order valence-electron chi connectivity index (χ0n) is 18.6. The molecule has 3 heterocycles. The van der Waals surface area contributed by atoms with Gasteiger partial charge in [0.1, 0.15) is 11.5 Å². The van der Waals surface area contributed by atoms with Gasteiger partial charge in [-0.05, 0) is 60.0 Å². The van der Waals surface area contributed by atoms with E-state index < -0.39 is 5.97 Å². The number of nitrogens with one attached hydrogen (secondary N) is 4. The van der Waals surface area contributed by atoms with E-state index in [1.54, 1.807) is 6.20 Å². The zero-order chi connectivity index (χ0) is 23.3. The first-order valence-electron chi connectivity index (χ1n) is 10.9. The summed E-state index contributed by atoms with van der Waals surface area (Å²) in [5.41, 5.74) is 6.33. The summed E-state index contributed by atoms with van der Waals surface area (Å²) in [5, 5.41) is 15.2. The number of carboxylic acids is 1. The lowest BCUT2D eigenvalue weighted by Crippen LogP contribution is -2.08. The second-order valence-electron chi connectivity index (χ2n) is 8.58. The predicted octanol–water partition coefficient (Wildman–Crippen LogP) is 5.99. The van der Waals surface area contributed by atoms with Crippen LogP contribution in [0.3, 0.4) is 0 Å². The number of H-pyrrole nitrogens is 3. The standard InChI is InChI=1S/C26H25FN4O2/c1-13(2)21-23(22-14(12-28-3)4-5-19-17(22)7-9-29-19)25(26(32)33)31-24(21)18-10-15(27)11-20-16(18)6-8-30-20/h4-11,13,28-31H,12H2,1-3H3,(H,32,33). The first-order valence-corrected chi connectivity index (χ1v) is 10.9. The van der Waals surface area contributed by atoms with E-state index in [0.29, 0.717) is 28.9 Å². The zero-order valence-corrected chi connectivity index (χ0v) is 18.6. The third kappa shape index (κ3) is 3.32. The molecule has 5 aromatic rings. The van der Waals surface area contributed by atoms with Crippen molar-refractivity contribution in [2.45, 2.75) is 26.3 Å². The van der Waals surface area contributed by atoms with Gasteiger partial charge < -0.3 is 25.4 Å². The van der Waals surface area contributed by atoms with Crippen LogP contribution in [0.2, 0.25) is 0 Å². The molecule has 0 saturated heterocycles. The van der Waals surface area contributed by atoms with Crippen LogP contribution in [0.1, 0.15) is 41.4 Å². The minimum Gasteiger partial charge on any atom is -0.477 e. The lowest BCUT2D eigenvalue weighted by atomic mass is 9.87. The Kier molecular flexibility index (Phi) is 5.06. The quantitative estimate of drug-likeness (QED) is 0.222. The van der Waals surface area contributed by atoms with Crippen LogP contribution in [-0.2, 0) is 6.54 Å². The Morgan fingerprint density at radius 3 is 2.45 bits per heavy atom. The number of fused-ring (bicyclic) bond motifs is 2. The van der Waals surface area contributed by atoms with Gasteiger partial charge in [-0.1, -0.05) is 19.9 Å². The van der Waals surface area contributed by atoms with Crippen LogP contribution in [0.15, 0.2) is 48.8 Å². The number of aromatic carboxylic acids is 1. The molecule has 0 radical (unpaired) electrons. The highest BCUT2D eigenvalue weighted by Crippen LogP contribution is 2.45. The van der Waals surface area contributed by atoms with E-state index in [2.05, 4.69) is 20.3 Å². The molecule has 0 amide bonds. The number of carboxylic acid groups (broad SMARTS) is 1. The Hall–Kier alpha value is -3.84. The topological polar surface area (TPSA) is 96.7 Å². The SMILES string of the molecule is CNCc1ccc2[nH]ccc2c1-c1c(C(=O)O)[nH]c(-c2cc(F)cc3[nH]ccc23)c1C(C)C. The van der Waals surface area contributed by atoms with Gasteiger partial charge >= 0.3 is 5.97 Å². The molecule has 3 aromatic heterocycles. The Morgan fingerprint density at radius 2 is 1.76 bits per heavy atom. The first kappa shape index (κ1) is 21.0. The normalized spacial score (nSPS) is 11.8. The van der Waals surface area contributed by atoms with Crippen molar-refractivity contribution in [2.75, 3.05) is 7.05 Å². The van der Waals surface area contributed by atoms with Crippen LogP contribution in [0, 0.1) is 5.82 Å². The molecule has 168 valence electrons. The number of hydrogen-bond donors (Lipinski definition) is 5. The molecule has 5 rings (SSSR count). The van der Waals surface area contributed by atoms with Gasteiger partial charge in [-0.2, -0.15) is 0 Å². The van der Waals surface area contributed by atoms with Crippen LogP contribution < -0.4 is 5.32 Å². The molecule has 0 aliphatic rings. The van der Waals surface area contributed by atoms with Crippen molar-refractivity contribution < 1.29 is 14.3 Å². The molecule has 0 saturated carbocycles. The molecule has 6 nitrogen and oxygen atoms in total. The summed E-state index contributed by atoms with van der Waals surface area (Å²) in [5.74, 6) is -1.46. The highest BCUT2D eigenvalue weighted by Gasteiger charge is 2.29. The summed E-state index contributed by atoms with van der Waals surface area (Å²) >= 11 is 0. The second-order valence-corrected chi connectivity index (χ2v) is 8.58. The molecule has 0 spiro atoms. The van der Waals surface area contributed by atoms with Crippen molar-refractivity contribution >= 4 is 27.8 Å². The van der Waals surface area contributed by atoms with E-state index >= 15 is 0 Å². The number of carbonyl (C=O) groups is 1. The van der Waals surface area contributed by atoms with Gasteiger partial charge in [-0.3, -0.25) is 0 Å². The van der Waals surface area contributed by atoms with Gasteiger partial charge in [-0.25, -0.2) is 9.18 Å². The fourth-order valence-corrected chi connectivity index (χ4v) is 4.87. The summed E-state index contributed by atoms with van der Waals surface area (Å²) in [6.07, 6.45) is 3.62. The van der Waals surface area contributed by atoms with E-state index in [4.69, 9.17) is 0 Å². The van der Waals surface area contributed by atoms with Crippen molar-refractivity contribution in [3.05, 3.63) is 71.4 Å². The van der Waals surface area contributed by atoms with E-state index in [1.165, 1.54) is 12.1 Å². The molecule has 5 N–H and O–H groups in total. The third-order valence-electron chi connectivity index (χ3n) is 6.17. The molecule has 0 atom stereocenters. The molecule has 0 fully saturated rings. The number of benzene rings is 2. The number of hydrogen-bond acceptors (Lipinski definition) is 2. The van der Waals surface area contributed by atoms with E-state index in [-0.39, 0.29) is 17.4 Å². The molecule has 7 heteroatoms. The highest BCUT2D eigenvalue weighted by molar-refractivity contribution is 6.07. The fourth-order valence-electron chi connectivity index (χ4n) is 4.87. The van der Waals surface area contributed by atoms with Gasteiger partial charge in [0, 0.05) is 51.9 Å². The van der Waals surface area contributed by atoms with Crippen LogP contribution in [0.4, 0.5) is 4.39 Å². The molecule has 2 aromatic carbocycles. The molecule has 33 heavy (non-hydrogen) atoms. The van der Waals surface area contributed by atoms with E-state index in [0.717, 1.165) is 33.0 Å². The van der Waals surface area contributed by atoms with Crippen molar-refractivity contribution in [3.8, 4) is 22.4 Å². The lowest BCUT2D eigenvalue weighted by Gasteiger charge is -2.16. The summed E-state index contributed by atoms with van der Waals surface area (Å²) in [6, 6.07) is 10.8. The summed E-state index contributed by atoms with van der Waals surface area (Å²) in [6.45, 7) is 4.64. The van der Waals surface area contributed by atoms with Crippen molar-refractivity contribution in [2.24, 2.45) is 0 Å². The average Bonchev–Trinajstić information content (AvgIpc) is 3.50. The maximum Gasteiger partial charge on any atom is 0.352 e. The summed E-state index contributed by atoms with van der Waals surface area (Å²) in [7, 11) is 1.87. The molecule has 0 bridgehead atoms. The number of aromatic amines is 3. The Labute approximate surface area is 189 Å². The monoisotopic (exact) mass is 444 g/mol. The smallest absolute Gasteiger partial charge is 0.352 e. The molecule has 0 aliphatic heterocycles. The summed E-state index contributed by atoms with van der Waals surface area (Å²) < 4.78 is 14.6. The summed E-state index contributed by atoms with van der Waals surface area (Å²) in [4.78, 5) is 22.0. The molecule has 0 aliphatic carbocycles. The van der Waals surface area contributed by atoms with Crippen LogP contribution in [0.5, 0.6) is 0 Å². The van der Waals surface area contributed by atoms with Gasteiger partial charge in [0.25, 0.3) is 0 Å². The minimum atomic E-state index is -1.05. The maximum atomic E-state index is 14.6. The van der Waals surface area contributed by atoms with Crippen molar-refractivity contribution in [1.29, 1.82) is 0 Å². The third-order valence-corrected chi connectivity index (χ3v) is 6.17. The van der Waals surface area contributed by atoms with Crippen LogP contribution in [0.25, 0.3) is 44.2 Å². The van der Waals surface area contributed by atoms with E-state index in [1.807, 2.05) is 51.4 Å². The molecule has 0 unspecified atom stereocenters. The van der Waals surface area contributed by atoms with E-state index in [9.17, 15) is 14.3 Å². The Morgan fingerprint density at radius 1 is 1.03 bits per heavy atom. The number of rotatable bonds is 6. The lowest BCUT2D eigenvalue weighted by molar-refractivity contribution is 0.0692. The van der Waals surface area contributed by atoms with Crippen molar-refractivity contribution in [3.63, 3.8) is 0 Å². The maximum absolute atomic E-state index is 14.6. The van der Waals surface area contributed by atoms with Crippen LogP contribution in [-0.4, -0.2) is 33.1 Å². The van der Waals surface area contributed by atoms with Crippen molar-refractivity contribution in [1.82, 2.24) is 20.3 Å². The number of aromatic nitrogens is 3. The Balaban J connectivity index is 1.93. The van der Waals surface area contributed by atoms with Gasteiger partial charge in [0.15, 0.2) is 0 Å². The fraction of sp³-hybridized carbons (Fsp3) is 0.192. The molecular formula is C26H25FN4O2. The minimum absolute atomic E-state index is 0.0201. The van der Waals surface area contributed by atoms with Gasteiger partial charge in [0.2, 0.25) is 0 Å². The van der Waals surface area contributed by atoms with Gasteiger partial charge in [0.05, 0.1) is 5.69 Å². The average molecular weight is 445 g/mol. The molecular weight excluding hydrogens is 419 g/mol. The second kappa shape index (κ2) is 7.94. The largest absolute Gasteiger partial charge is 0.477 e. The van der Waals surface area contributed by atoms with Gasteiger partial charge in [-0.15, -0.1) is 0 Å². The first-order chi connectivity index (χ1) is 15.9. The van der Waals surface area contributed by atoms with Crippen LogP contribution >= 0.6 is 0 Å². The highest BCUT2D eigenvalue weighted by atomic mass is 19.1. The Bertz CT molecular complexity index is 1510. The predicted molar refractivity (Wildman–Crippen MR) is 129 cm³/mol. The number of halogens is 1.